The second-order valence-corrected chi connectivity index (χ2v) is 6.51. The van der Waals surface area contributed by atoms with Gasteiger partial charge in [-0.1, -0.05) is 42.5 Å². The van der Waals surface area contributed by atoms with Crippen LogP contribution < -0.4 is 4.74 Å². The number of para-hydroxylation sites is 1. The molecule has 0 heterocycles. The van der Waals surface area contributed by atoms with E-state index in [9.17, 15) is 21.6 Å². The summed E-state index contributed by atoms with van der Waals surface area (Å²) in [6.45, 7) is 6.81. The average Bonchev–Trinajstić information content (AvgIpc) is 2.48. The van der Waals surface area contributed by atoms with Crippen LogP contribution in [0, 0.1) is 6.57 Å². The molecule has 23 heavy (non-hydrogen) atoms. The molecule has 2 rings (SSSR count). The molecule has 0 spiro atoms. The summed E-state index contributed by atoms with van der Waals surface area (Å²) in [5, 5.41) is 0. The molecule has 2 aromatic carbocycles. The maximum absolute atomic E-state index is 12.4. The molecule has 0 saturated heterocycles. The van der Waals surface area contributed by atoms with Crippen LogP contribution in [0.1, 0.15) is 5.56 Å². The molecule has 0 bridgehead atoms. The van der Waals surface area contributed by atoms with E-state index in [1.807, 2.05) is 0 Å². The lowest BCUT2D eigenvalue weighted by atomic mass is 10.2. The summed E-state index contributed by atoms with van der Waals surface area (Å²) in [5.74, 6) is -1.20. The smallest absolute Gasteiger partial charge is 0.405 e. The van der Waals surface area contributed by atoms with Gasteiger partial charge in [0.05, 0.1) is 17.2 Å². The molecule has 0 saturated carbocycles. The van der Waals surface area contributed by atoms with Crippen molar-refractivity contribution < 1.29 is 26.3 Å². The maximum Gasteiger partial charge on any atom is 0.573 e. The number of halogens is 3. The van der Waals surface area contributed by atoms with Gasteiger partial charge in [-0.3, -0.25) is 0 Å². The zero-order chi connectivity index (χ0) is 17.1. The molecule has 0 amide bonds. The number of benzene rings is 2. The van der Waals surface area contributed by atoms with Crippen molar-refractivity contribution in [3.63, 3.8) is 0 Å². The van der Waals surface area contributed by atoms with E-state index in [-0.39, 0.29) is 16.1 Å². The Hall–Kier alpha value is -2.53. The van der Waals surface area contributed by atoms with Crippen LogP contribution in [-0.4, -0.2) is 14.8 Å². The lowest BCUT2D eigenvalue weighted by Gasteiger charge is -2.13. The third-order valence-corrected chi connectivity index (χ3v) is 4.55. The topological polar surface area (TPSA) is 47.7 Å². The molecule has 4 nitrogen and oxygen atoms in total. The number of ether oxygens (including phenoxy) is 1. The van der Waals surface area contributed by atoms with E-state index in [4.69, 9.17) is 6.57 Å². The van der Waals surface area contributed by atoms with Crippen LogP contribution in [0.25, 0.3) is 4.85 Å². The monoisotopic (exact) mass is 341 g/mol. The van der Waals surface area contributed by atoms with Crippen LogP contribution in [0.5, 0.6) is 5.75 Å². The molecular formula is C15H10F3NO3S. The Morgan fingerprint density at radius 1 is 1.04 bits per heavy atom. The normalized spacial score (nSPS) is 11.7. The molecule has 0 unspecified atom stereocenters. The molecule has 0 aromatic heterocycles. The highest BCUT2D eigenvalue weighted by Gasteiger charge is 2.32. The van der Waals surface area contributed by atoms with Crippen molar-refractivity contribution in [3.8, 4) is 5.75 Å². The van der Waals surface area contributed by atoms with Crippen molar-refractivity contribution in [2.24, 2.45) is 0 Å². The fourth-order valence-electron chi connectivity index (χ4n) is 1.86. The number of hydrogen-bond acceptors (Lipinski definition) is 3. The van der Waals surface area contributed by atoms with Crippen molar-refractivity contribution in [1.82, 2.24) is 0 Å². The van der Waals surface area contributed by atoms with Gasteiger partial charge in [0, 0.05) is 5.56 Å². The van der Waals surface area contributed by atoms with Crippen molar-refractivity contribution in [1.29, 1.82) is 0 Å². The van der Waals surface area contributed by atoms with Gasteiger partial charge in [0.1, 0.15) is 5.75 Å². The highest BCUT2D eigenvalue weighted by Crippen LogP contribution is 2.29. The standard InChI is InChI=1S/C15H10F3NO3S/c1-19-12-6-8-13(9-7-12)23(20,21)10-11-4-2-3-5-14(11)22-15(16,17)18/h2-9H,10H2. The molecule has 0 aliphatic heterocycles. The highest BCUT2D eigenvalue weighted by atomic mass is 32.2. The first kappa shape index (κ1) is 16.8. The summed E-state index contributed by atoms with van der Waals surface area (Å²) in [6.07, 6.45) is -4.91. The average molecular weight is 341 g/mol. The van der Waals surface area contributed by atoms with Crippen LogP contribution in [0.2, 0.25) is 0 Å². The Morgan fingerprint density at radius 3 is 2.22 bits per heavy atom. The SMILES string of the molecule is [C-]#[N+]c1ccc(S(=O)(=O)Cc2ccccc2OC(F)(F)F)cc1. The van der Waals surface area contributed by atoms with Gasteiger partial charge < -0.3 is 4.74 Å². The summed E-state index contributed by atoms with van der Waals surface area (Å²) >= 11 is 0. The fourth-order valence-corrected chi connectivity index (χ4v) is 3.23. The van der Waals surface area contributed by atoms with Gasteiger partial charge in [0.2, 0.25) is 0 Å². The number of rotatable bonds is 4. The van der Waals surface area contributed by atoms with Gasteiger partial charge in [-0.05, 0) is 6.07 Å². The molecule has 8 heteroatoms. The third kappa shape index (κ3) is 4.47. The maximum atomic E-state index is 12.4. The third-order valence-electron chi connectivity index (χ3n) is 2.87. The predicted octanol–water partition coefficient (Wildman–Crippen LogP) is 4.11. The fraction of sp³-hybridized carbons (Fsp3) is 0.133. The van der Waals surface area contributed by atoms with Crippen LogP contribution in [0.4, 0.5) is 18.9 Å². The largest absolute Gasteiger partial charge is 0.573 e. The Morgan fingerprint density at radius 2 is 1.65 bits per heavy atom. The Labute approximate surface area is 130 Å². The second kappa shape index (κ2) is 6.30. The van der Waals surface area contributed by atoms with Crippen LogP contribution in [0.15, 0.2) is 53.4 Å². The number of alkyl halides is 3. The van der Waals surface area contributed by atoms with Crippen molar-refractivity contribution >= 4 is 15.5 Å². The first-order chi connectivity index (χ1) is 10.7. The van der Waals surface area contributed by atoms with E-state index in [1.165, 1.54) is 42.5 Å². The van der Waals surface area contributed by atoms with Crippen LogP contribution in [-0.2, 0) is 15.6 Å². The Balaban J connectivity index is 2.32. The summed E-state index contributed by atoms with van der Waals surface area (Å²) in [6, 6.07) is 10.2. The molecule has 0 aliphatic rings. The van der Waals surface area contributed by atoms with Gasteiger partial charge in [-0.25, -0.2) is 13.3 Å². The quantitative estimate of drug-likeness (QED) is 0.786. The zero-order valence-corrected chi connectivity index (χ0v) is 12.4. The summed E-state index contributed by atoms with van der Waals surface area (Å²) < 4.78 is 65.5. The van der Waals surface area contributed by atoms with Gasteiger partial charge in [-0.2, -0.15) is 0 Å². The number of hydrogen-bond donors (Lipinski definition) is 0. The van der Waals surface area contributed by atoms with E-state index >= 15 is 0 Å². The lowest BCUT2D eigenvalue weighted by molar-refractivity contribution is -0.274. The summed E-state index contributed by atoms with van der Waals surface area (Å²) in [5.41, 5.74) is 0.170. The van der Waals surface area contributed by atoms with E-state index in [0.29, 0.717) is 0 Å². The molecule has 0 radical (unpaired) electrons. The minimum atomic E-state index is -4.91. The molecule has 0 aliphatic carbocycles. The van der Waals surface area contributed by atoms with E-state index in [0.717, 1.165) is 6.07 Å². The Bertz CT molecular complexity index is 838. The lowest BCUT2D eigenvalue weighted by Crippen LogP contribution is -2.18. The Kier molecular flexibility index (Phi) is 4.61. The van der Waals surface area contributed by atoms with Gasteiger partial charge in [-0.15, -0.1) is 13.2 Å². The van der Waals surface area contributed by atoms with Gasteiger partial charge in [0.15, 0.2) is 15.5 Å². The highest BCUT2D eigenvalue weighted by molar-refractivity contribution is 7.90. The van der Waals surface area contributed by atoms with Crippen LogP contribution >= 0.6 is 0 Å². The molecule has 0 N–H and O–H groups in total. The second-order valence-electron chi connectivity index (χ2n) is 4.52. The first-order valence-electron chi connectivity index (χ1n) is 6.25. The molecule has 0 fully saturated rings. The molecule has 0 atom stereocenters. The first-order valence-corrected chi connectivity index (χ1v) is 7.90. The van der Waals surface area contributed by atoms with Crippen molar-refractivity contribution in [2.45, 2.75) is 17.0 Å². The zero-order valence-electron chi connectivity index (χ0n) is 11.5. The summed E-state index contributed by atoms with van der Waals surface area (Å²) in [4.78, 5) is 3.07. The summed E-state index contributed by atoms with van der Waals surface area (Å²) in [7, 11) is -3.87. The van der Waals surface area contributed by atoms with Crippen molar-refractivity contribution in [2.75, 3.05) is 0 Å². The minimum Gasteiger partial charge on any atom is -0.405 e. The van der Waals surface area contributed by atoms with Gasteiger partial charge >= 0.3 is 6.36 Å². The molecular weight excluding hydrogens is 331 g/mol. The van der Waals surface area contributed by atoms with Gasteiger partial charge in [0.25, 0.3) is 0 Å². The molecule has 2 aromatic rings. The predicted molar refractivity (Wildman–Crippen MR) is 76.7 cm³/mol. The van der Waals surface area contributed by atoms with E-state index in [2.05, 4.69) is 9.58 Å². The minimum absolute atomic E-state index is 0.0771. The van der Waals surface area contributed by atoms with Crippen molar-refractivity contribution in [3.05, 3.63) is 65.5 Å². The number of sulfone groups is 1. The number of nitrogens with zero attached hydrogens (tertiary/aromatic N) is 1. The van der Waals surface area contributed by atoms with E-state index < -0.39 is 27.7 Å². The molecule has 120 valence electrons. The van der Waals surface area contributed by atoms with E-state index in [1.54, 1.807) is 0 Å². The van der Waals surface area contributed by atoms with Crippen LogP contribution in [0.3, 0.4) is 0 Å².